The van der Waals surface area contributed by atoms with Gasteiger partial charge in [0.1, 0.15) is 0 Å². The van der Waals surface area contributed by atoms with E-state index in [1.54, 1.807) is 26.0 Å². The van der Waals surface area contributed by atoms with Crippen LogP contribution in [0.1, 0.15) is 52.7 Å². The third-order valence-electron chi connectivity index (χ3n) is 6.50. The van der Waals surface area contributed by atoms with E-state index in [9.17, 15) is 38.1 Å². The van der Waals surface area contributed by atoms with Crippen molar-refractivity contribution in [2.24, 2.45) is 0 Å². The molecule has 44 heavy (non-hydrogen) atoms. The molecule has 0 radical (unpaired) electrons. The molecule has 13 heteroatoms. The fraction of sp³-hybridized carbons (Fsp3) is 0.226. The van der Waals surface area contributed by atoms with Crippen LogP contribution in [0, 0.1) is 33.4 Å². The molecule has 235 valence electrons. The summed E-state index contributed by atoms with van der Waals surface area (Å²) < 4.78 is 98.2. The molecule has 0 bridgehead atoms. The fourth-order valence-corrected chi connectivity index (χ4v) is 9.35. The summed E-state index contributed by atoms with van der Waals surface area (Å²) in [5, 5.41) is 11.6. The topological polar surface area (TPSA) is 113 Å². The van der Waals surface area contributed by atoms with E-state index in [-0.39, 0.29) is 16.8 Å². The summed E-state index contributed by atoms with van der Waals surface area (Å²) in [6.07, 6.45) is -1.05. The summed E-state index contributed by atoms with van der Waals surface area (Å²) in [5.41, 5.74) is 1.01. The Kier molecular flexibility index (Phi) is 10.6. The molecule has 0 aliphatic rings. The summed E-state index contributed by atoms with van der Waals surface area (Å²) >= 11 is -6.72. The van der Waals surface area contributed by atoms with Crippen LogP contribution in [0.5, 0.6) is 5.75 Å². The van der Waals surface area contributed by atoms with E-state index in [4.69, 9.17) is 9.47 Å². The van der Waals surface area contributed by atoms with Crippen molar-refractivity contribution in [3.63, 3.8) is 0 Å². The van der Waals surface area contributed by atoms with E-state index in [2.05, 4.69) is 0 Å². The maximum absolute atomic E-state index is 13.2. The van der Waals surface area contributed by atoms with Crippen LogP contribution in [0.15, 0.2) is 84.9 Å². The molecule has 4 aromatic carbocycles. The number of hydrogen-bond acceptors (Lipinski definition) is 7. The zero-order valence-electron chi connectivity index (χ0n) is 24.0. The molecule has 4 rings (SSSR count). The van der Waals surface area contributed by atoms with Gasteiger partial charge in [-0.15, -0.1) is 0 Å². The van der Waals surface area contributed by atoms with E-state index >= 15 is 0 Å². The van der Waals surface area contributed by atoms with Gasteiger partial charge in [0.15, 0.2) is 23.3 Å². The van der Waals surface area contributed by atoms with E-state index in [0.29, 0.717) is 22.3 Å². The van der Waals surface area contributed by atoms with Crippen molar-refractivity contribution in [3.8, 4) is 5.75 Å². The molecule has 0 N–H and O–H groups in total. The second-order valence-corrected chi connectivity index (χ2v) is 19.6. The standard InChI is InChI=1S/C16H14F4O.C14H12NO3.CH3.3O.Re/c1-9(11-3-5-13(17)15(19)7-11)21-10(2)12-4-6-14(18)16(20)8-12;1-18-14-7-5-11(6-8-14)9-12-3-2-4-13(10-12)15(16)17;;;;;/h3-10H,1-2H3;2-10H,1H3;1H3;;;;. The zero-order chi connectivity index (χ0) is 32.8. The van der Waals surface area contributed by atoms with E-state index < -0.39 is 59.0 Å². The molecule has 8 nitrogen and oxygen atoms in total. The number of rotatable bonds is 9. The third-order valence-corrected chi connectivity index (χ3v) is 11.8. The van der Waals surface area contributed by atoms with Crippen molar-refractivity contribution < 1.29 is 56.6 Å². The van der Waals surface area contributed by atoms with Crippen molar-refractivity contribution in [2.45, 2.75) is 35.8 Å². The monoisotopic (exact) mass is 790 g/mol. The molecule has 3 atom stereocenters. The van der Waals surface area contributed by atoms with Crippen molar-refractivity contribution in [1.82, 2.24) is 0 Å². The van der Waals surface area contributed by atoms with Gasteiger partial charge in [0.2, 0.25) is 0 Å². The van der Waals surface area contributed by atoms with Gasteiger partial charge in [0.05, 0.1) is 12.2 Å². The Morgan fingerprint density at radius 3 is 1.57 bits per heavy atom. The fourth-order valence-electron chi connectivity index (χ4n) is 4.32. The first kappa shape index (κ1) is 34.3. The Morgan fingerprint density at radius 1 is 0.682 bits per heavy atom. The van der Waals surface area contributed by atoms with Crippen molar-refractivity contribution in [1.29, 1.82) is 0 Å². The number of methoxy groups -OCH3 is 1. The maximum atomic E-state index is 13.2. The van der Waals surface area contributed by atoms with Gasteiger partial charge >= 0.3 is 132 Å². The number of nitro benzene ring substituents is 1. The Bertz CT molecular complexity index is 1800. The third kappa shape index (κ3) is 8.92. The molecular weight excluding hydrogens is 761 g/mol. The van der Waals surface area contributed by atoms with Crippen LogP contribution in [-0.2, 0) is 29.3 Å². The molecular formula is C31H29F4NO7Re. The molecule has 0 saturated carbocycles. The van der Waals surface area contributed by atoms with Gasteiger partial charge in [-0.2, -0.15) is 0 Å². The number of ether oxygens (including phenoxy) is 2. The summed E-state index contributed by atoms with van der Waals surface area (Å²) in [5.74, 6) is -3.26. The summed E-state index contributed by atoms with van der Waals surface area (Å²) in [6.45, 7) is 3.34. The zero-order valence-corrected chi connectivity index (χ0v) is 26.7. The molecule has 0 amide bonds. The van der Waals surface area contributed by atoms with E-state index in [0.717, 1.165) is 30.3 Å². The van der Waals surface area contributed by atoms with Crippen LogP contribution in [0.25, 0.3) is 0 Å². The molecule has 0 aliphatic heterocycles. The van der Waals surface area contributed by atoms with Gasteiger partial charge in [-0.25, -0.2) is 17.6 Å². The quantitative estimate of drug-likeness (QED) is 0.0949. The van der Waals surface area contributed by atoms with Crippen LogP contribution in [0.4, 0.5) is 23.2 Å². The molecule has 3 unspecified atom stereocenters. The molecule has 0 aliphatic carbocycles. The number of nitrogens with zero attached hydrogens (tertiary/aromatic N) is 1. The van der Waals surface area contributed by atoms with Crippen molar-refractivity contribution >= 4 is 5.69 Å². The molecule has 0 heterocycles. The normalized spacial score (nSPS) is 14.2. The summed E-state index contributed by atoms with van der Waals surface area (Å²) in [4.78, 5) is 10.3. The predicted octanol–water partition coefficient (Wildman–Crippen LogP) is 8.55. The minimum atomic E-state index is -6.72. The Hall–Kier alpha value is -4.18. The van der Waals surface area contributed by atoms with Crippen LogP contribution in [0.2, 0.25) is 5.40 Å². The van der Waals surface area contributed by atoms with Gasteiger partial charge < -0.3 is 4.74 Å². The molecule has 4 aromatic rings. The van der Waals surface area contributed by atoms with Crippen molar-refractivity contribution in [2.75, 3.05) is 7.11 Å². The first-order valence-corrected chi connectivity index (χ1v) is 20.5. The first-order valence-electron chi connectivity index (χ1n) is 12.9. The van der Waals surface area contributed by atoms with Crippen LogP contribution < -0.4 is 4.74 Å². The Balaban J connectivity index is 0.000000241. The van der Waals surface area contributed by atoms with Crippen molar-refractivity contribution in [3.05, 3.63) is 141 Å². The average Bonchev–Trinajstić information content (AvgIpc) is 2.95. The predicted molar refractivity (Wildman–Crippen MR) is 146 cm³/mol. The molecule has 0 fully saturated rings. The van der Waals surface area contributed by atoms with Gasteiger partial charge in [-0.05, 0) is 49.2 Å². The van der Waals surface area contributed by atoms with Gasteiger partial charge in [0.25, 0.3) is 0 Å². The minimum absolute atomic E-state index is 0.0919. The number of benzene rings is 4. The Labute approximate surface area is 251 Å². The molecule has 0 aromatic heterocycles. The van der Waals surface area contributed by atoms with E-state index in [1.807, 2.05) is 0 Å². The second-order valence-electron chi connectivity index (χ2n) is 9.89. The number of hydrogen-bond donors (Lipinski definition) is 0. The van der Waals surface area contributed by atoms with Gasteiger partial charge in [0, 0.05) is 0 Å². The Morgan fingerprint density at radius 2 is 1.16 bits per heavy atom. The second kappa shape index (κ2) is 13.6. The van der Waals surface area contributed by atoms with E-state index in [1.165, 1.54) is 49.6 Å². The van der Waals surface area contributed by atoms with Crippen LogP contribution >= 0.6 is 0 Å². The summed E-state index contributed by atoms with van der Waals surface area (Å²) in [7, 11) is 1.46. The van der Waals surface area contributed by atoms with Gasteiger partial charge in [-0.1, -0.05) is 12.1 Å². The summed E-state index contributed by atoms with van der Waals surface area (Å²) in [6, 6.07) is 18.2. The molecule has 0 saturated heterocycles. The van der Waals surface area contributed by atoms with Crippen LogP contribution in [0.3, 0.4) is 0 Å². The number of nitro groups is 1. The number of non-ortho nitro benzene ring substituents is 1. The SMILES string of the molecule is CC(OC(C)c1ccc(F)c(F)c1)c1ccc(F)c(F)c1.COc1ccc([CH](c2cccc([N+](=O)[O-])c2)[Re]([CH3])(=[O])(=[O])=[O])cc1. The first-order chi connectivity index (χ1) is 20.5. The molecule has 0 spiro atoms. The average molecular weight is 790 g/mol. The van der Waals surface area contributed by atoms with Gasteiger partial charge in [-0.3, -0.25) is 0 Å². The number of halogens is 4. The van der Waals surface area contributed by atoms with Crippen LogP contribution in [-0.4, -0.2) is 12.0 Å².